The number of aromatic carboxylic acids is 1. The molecule has 0 aliphatic carbocycles. The van der Waals surface area contributed by atoms with Gasteiger partial charge in [-0.1, -0.05) is 17.7 Å². The SMILES string of the molecule is Cc1c(NCc2cnc(Cl)s2)cccc1C(=O)O. The van der Waals surface area contributed by atoms with Gasteiger partial charge in [0.25, 0.3) is 0 Å². The quantitative estimate of drug-likeness (QED) is 0.902. The maximum absolute atomic E-state index is 11.0. The normalized spacial score (nSPS) is 10.3. The molecule has 0 aliphatic rings. The summed E-state index contributed by atoms with van der Waals surface area (Å²) in [6.07, 6.45) is 1.70. The molecule has 6 heteroatoms. The first-order valence-electron chi connectivity index (χ1n) is 5.25. The van der Waals surface area contributed by atoms with Gasteiger partial charge in [0.15, 0.2) is 4.47 Å². The molecule has 0 spiro atoms. The van der Waals surface area contributed by atoms with Gasteiger partial charge in [-0.05, 0) is 24.6 Å². The summed E-state index contributed by atoms with van der Waals surface area (Å²) in [6, 6.07) is 5.16. The number of nitrogens with one attached hydrogen (secondary N) is 1. The average Bonchev–Trinajstić information content (AvgIpc) is 2.73. The summed E-state index contributed by atoms with van der Waals surface area (Å²) in [7, 11) is 0. The molecular weight excluding hydrogens is 272 g/mol. The van der Waals surface area contributed by atoms with Crippen LogP contribution >= 0.6 is 22.9 Å². The van der Waals surface area contributed by atoms with Crippen molar-refractivity contribution < 1.29 is 9.90 Å². The Morgan fingerprint density at radius 1 is 1.56 bits per heavy atom. The van der Waals surface area contributed by atoms with Crippen molar-refractivity contribution in [3.63, 3.8) is 0 Å². The number of carboxylic acids is 1. The van der Waals surface area contributed by atoms with Crippen LogP contribution in [0.4, 0.5) is 5.69 Å². The van der Waals surface area contributed by atoms with Gasteiger partial charge in [0.05, 0.1) is 12.1 Å². The third kappa shape index (κ3) is 2.80. The Hall–Kier alpha value is -1.59. The van der Waals surface area contributed by atoms with E-state index in [0.29, 0.717) is 16.6 Å². The number of hydrogen-bond donors (Lipinski definition) is 2. The molecule has 2 N–H and O–H groups in total. The Labute approximate surface area is 113 Å². The van der Waals surface area contributed by atoms with E-state index in [-0.39, 0.29) is 0 Å². The van der Waals surface area contributed by atoms with E-state index in [2.05, 4.69) is 10.3 Å². The van der Waals surface area contributed by atoms with Gasteiger partial charge in [-0.3, -0.25) is 0 Å². The van der Waals surface area contributed by atoms with Gasteiger partial charge in [-0.25, -0.2) is 9.78 Å². The molecule has 1 heterocycles. The molecule has 0 atom stereocenters. The van der Waals surface area contributed by atoms with Crippen LogP contribution in [0.25, 0.3) is 0 Å². The van der Waals surface area contributed by atoms with E-state index in [1.54, 1.807) is 25.3 Å². The molecule has 18 heavy (non-hydrogen) atoms. The fourth-order valence-electron chi connectivity index (χ4n) is 1.61. The van der Waals surface area contributed by atoms with Crippen LogP contribution in [0, 0.1) is 6.92 Å². The van der Waals surface area contributed by atoms with Gasteiger partial charge >= 0.3 is 5.97 Å². The number of rotatable bonds is 4. The lowest BCUT2D eigenvalue weighted by molar-refractivity contribution is 0.0696. The summed E-state index contributed by atoms with van der Waals surface area (Å²) < 4.78 is 0.503. The summed E-state index contributed by atoms with van der Waals surface area (Å²) in [6.45, 7) is 2.36. The second kappa shape index (κ2) is 5.37. The lowest BCUT2D eigenvalue weighted by atomic mass is 10.1. The van der Waals surface area contributed by atoms with Crippen LogP contribution in [0.1, 0.15) is 20.8 Å². The molecule has 4 nitrogen and oxygen atoms in total. The lowest BCUT2D eigenvalue weighted by Gasteiger charge is -2.10. The van der Waals surface area contributed by atoms with Crippen molar-refractivity contribution >= 4 is 34.6 Å². The van der Waals surface area contributed by atoms with Crippen LogP contribution in [0.5, 0.6) is 0 Å². The highest BCUT2D eigenvalue weighted by Gasteiger charge is 2.10. The number of carbonyl (C=O) groups is 1. The Bertz CT molecular complexity index is 583. The van der Waals surface area contributed by atoms with Gasteiger partial charge in [-0.2, -0.15) is 0 Å². The average molecular weight is 283 g/mol. The molecule has 0 bridgehead atoms. The molecule has 1 aromatic carbocycles. The maximum Gasteiger partial charge on any atom is 0.336 e. The van der Waals surface area contributed by atoms with Gasteiger partial charge in [0, 0.05) is 16.8 Å². The topological polar surface area (TPSA) is 62.2 Å². The van der Waals surface area contributed by atoms with Gasteiger partial charge in [-0.15, -0.1) is 11.3 Å². The molecule has 0 aliphatic heterocycles. The number of hydrogen-bond acceptors (Lipinski definition) is 4. The second-order valence-electron chi connectivity index (χ2n) is 3.72. The van der Waals surface area contributed by atoms with Crippen LogP contribution in [-0.2, 0) is 6.54 Å². The minimum Gasteiger partial charge on any atom is -0.478 e. The van der Waals surface area contributed by atoms with Crippen LogP contribution in [0.15, 0.2) is 24.4 Å². The summed E-state index contributed by atoms with van der Waals surface area (Å²) in [4.78, 5) is 15.9. The van der Waals surface area contributed by atoms with Crippen molar-refractivity contribution in [3.05, 3.63) is 44.9 Å². The monoisotopic (exact) mass is 282 g/mol. The predicted octanol–water partition coefficient (Wildman–Crippen LogP) is 3.42. The Kier molecular flexibility index (Phi) is 3.84. The molecule has 0 fully saturated rings. The minimum atomic E-state index is -0.919. The third-order valence-electron chi connectivity index (χ3n) is 2.54. The molecule has 0 unspecified atom stereocenters. The summed E-state index contributed by atoms with van der Waals surface area (Å²) in [5.41, 5.74) is 1.84. The van der Waals surface area contributed by atoms with E-state index in [0.717, 1.165) is 16.1 Å². The lowest BCUT2D eigenvalue weighted by Crippen LogP contribution is -2.05. The third-order valence-corrected chi connectivity index (χ3v) is 3.66. The Morgan fingerprint density at radius 2 is 2.33 bits per heavy atom. The molecule has 2 rings (SSSR count). The number of anilines is 1. The summed E-state index contributed by atoms with van der Waals surface area (Å²) in [5, 5.41) is 12.2. The van der Waals surface area contributed by atoms with Crippen LogP contribution in [0.2, 0.25) is 4.47 Å². The minimum absolute atomic E-state index is 0.308. The number of halogens is 1. The smallest absolute Gasteiger partial charge is 0.336 e. The first kappa shape index (κ1) is 12.9. The molecule has 2 aromatic rings. The van der Waals surface area contributed by atoms with Crippen LogP contribution in [-0.4, -0.2) is 16.1 Å². The van der Waals surface area contributed by atoms with Crippen molar-refractivity contribution in [2.24, 2.45) is 0 Å². The molecule has 0 saturated carbocycles. The van der Waals surface area contributed by atoms with Crippen molar-refractivity contribution in [2.75, 3.05) is 5.32 Å². The van der Waals surface area contributed by atoms with E-state index in [1.807, 2.05) is 6.07 Å². The number of aromatic nitrogens is 1. The van der Waals surface area contributed by atoms with Crippen molar-refractivity contribution in [1.29, 1.82) is 0 Å². The fraction of sp³-hybridized carbons (Fsp3) is 0.167. The highest BCUT2D eigenvalue weighted by atomic mass is 35.5. The first-order valence-corrected chi connectivity index (χ1v) is 6.44. The number of thiazole rings is 1. The zero-order valence-electron chi connectivity index (χ0n) is 9.61. The number of nitrogens with zero attached hydrogens (tertiary/aromatic N) is 1. The zero-order chi connectivity index (χ0) is 13.1. The van der Waals surface area contributed by atoms with Crippen molar-refractivity contribution in [1.82, 2.24) is 4.98 Å². The predicted molar refractivity (Wildman–Crippen MR) is 72.6 cm³/mol. The van der Waals surface area contributed by atoms with Gasteiger partial charge in [0.2, 0.25) is 0 Å². The molecule has 1 aromatic heterocycles. The molecule has 0 amide bonds. The van der Waals surface area contributed by atoms with E-state index < -0.39 is 5.97 Å². The second-order valence-corrected chi connectivity index (χ2v) is 5.41. The van der Waals surface area contributed by atoms with Gasteiger partial charge < -0.3 is 10.4 Å². The Morgan fingerprint density at radius 3 is 2.94 bits per heavy atom. The van der Waals surface area contributed by atoms with Crippen molar-refractivity contribution in [2.45, 2.75) is 13.5 Å². The van der Waals surface area contributed by atoms with Crippen LogP contribution < -0.4 is 5.32 Å². The first-order chi connectivity index (χ1) is 8.58. The van der Waals surface area contributed by atoms with E-state index in [4.69, 9.17) is 16.7 Å². The summed E-state index contributed by atoms with van der Waals surface area (Å²) in [5.74, 6) is -0.919. The zero-order valence-corrected chi connectivity index (χ0v) is 11.2. The number of benzene rings is 1. The van der Waals surface area contributed by atoms with E-state index >= 15 is 0 Å². The molecule has 94 valence electrons. The maximum atomic E-state index is 11.0. The van der Waals surface area contributed by atoms with E-state index in [9.17, 15) is 4.79 Å². The fourth-order valence-corrected chi connectivity index (χ4v) is 2.52. The largest absolute Gasteiger partial charge is 0.478 e. The molecule has 0 saturated heterocycles. The highest BCUT2D eigenvalue weighted by Crippen LogP contribution is 2.22. The van der Waals surface area contributed by atoms with Crippen LogP contribution in [0.3, 0.4) is 0 Å². The van der Waals surface area contributed by atoms with Crippen molar-refractivity contribution in [3.8, 4) is 0 Å². The highest BCUT2D eigenvalue weighted by molar-refractivity contribution is 7.15. The van der Waals surface area contributed by atoms with Gasteiger partial charge in [0.1, 0.15) is 0 Å². The summed E-state index contributed by atoms with van der Waals surface area (Å²) >= 11 is 7.14. The molecular formula is C12H11ClN2O2S. The number of carboxylic acid groups (broad SMARTS) is 1. The standard InChI is InChI=1S/C12H11ClN2O2S/c1-7-9(11(16)17)3-2-4-10(7)14-5-8-6-15-12(13)18-8/h2-4,6,14H,5H2,1H3,(H,16,17). The molecule has 0 radical (unpaired) electrons. The Balaban J connectivity index is 2.14. The van der Waals surface area contributed by atoms with E-state index in [1.165, 1.54) is 11.3 Å².